The Hall–Kier alpha value is -0.860. The van der Waals surface area contributed by atoms with Crippen molar-refractivity contribution in [3.05, 3.63) is 0 Å². The van der Waals surface area contributed by atoms with E-state index >= 15 is 0 Å². The summed E-state index contributed by atoms with van der Waals surface area (Å²) in [6.07, 6.45) is -0.646. The second-order valence-electron chi connectivity index (χ2n) is 4.55. The van der Waals surface area contributed by atoms with Crippen LogP contribution in [0.15, 0.2) is 0 Å². The number of nitrogens with zero attached hydrogens (tertiary/aromatic N) is 1. The maximum atomic E-state index is 11.7. The molecule has 0 aromatic carbocycles. The van der Waals surface area contributed by atoms with Gasteiger partial charge in [0.25, 0.3) is 0 Å². The highest BCUT2D eigenvalue weighted by Crippen LogP contribution is 2.23. The van der Waals surface area contributed by atoms with Gasteiger partial charge in [-0.25, -0.2) is 9.52 Å². The lowest BCUT2D eigenvalue weighted by Crippen LogP contribution is -2.69. The van der Waals surface area contributed by atoms with Crippen molar-refractivity contribution < 1.29 is 17.9 Å². The standard InChI is InChI=1S/C9H19N3O4S/c1-4-9(10)5-12(6-9)17(14,15)11-8(13)16-7(2)3/h7H,4-6,10H2,1-3H3,(H,11,13). The molecule has 1 amide bonds. The highest BCUT2D eigenvalue weighted by Gasteiger charge is 2.44. The zero-order valence-corrected chi connectivity index (χ0v) is 11.1. The second-order valence-corrected chi connectivity index (χ2v) is 6.22. The van der Waals surface area contributed by atoms with Crippen LogP contribution in [0.25, 0.3) is 0 Å². The first-order chi connectivity index (χ1) is 7.68. The van der Waals surface area contributed by atoms with Crippen molar-refractivity contribution >= 4 is 16.3 Å². The number of carbonyl (C=O) groups is 1. The topological polar surface area (TPSA) is 102 Å². The number of rotatable bonds is 4. The second kappa shape index (κ2) is 4.79. The van der Waals surface area contributed by atoms with Gasteiger partial charge >= 0.3 is 16.3 Å². The summed E-state index contributed by atoms with van der Waals surface area (Å²) in [5, 5.41) is 0. The van der Waals surface area contributed by atoms with Gasteiger partial charge in [0.1, 0.15) is 0 Å². The van der Waals surface area contributed by atoms with Crippen LogP contribution in [0, 0.1) is 0 Å². The van der Waals surface area contributed by atoms with Crippen LogP contribution in [0.4, 0.5) is 4.79 Å². The molecule has 1 aliphatic rings. The van der Waals surface area contributed by atoms with Crippen LogP contribution < -0.4 is 10.5 Å². The van der Waals surface area contributed by atoms with Crippen molar-refractivity contribution in [3.63, 3.8) is 0 Å². The molecule has 0 aromatic rings. The van der Waals surface area contributed by atoms with E-state index in [1.165, 1.54) is 0 Å². The highest BCUT2D eigenvalue weighted by atomic mass is 32.2. The monoisotopic (exact) mass is 265 g/mol. The highest BCUT2D eigenvalue weighted by molar-refractivity contribution is 7.87. The Labute approximate surface area is 101 Å². The normalized spacial score (nSPS) is 19.8. The van der Waals surface area contributed by atoms with Crippen molar-refractivity contribution in [2.75, 3.05) is 13.1 Å². The lowest BCUT2D eigenvalue weighted by molar-refractivity contribution is 0.117. The van der Waals surface area contributed by atoms with E-state index in [9.17, 15) is 13.2 Å². The lowest BCUT2D eigenvalue weighted by atomic mass is 9.91. The van der Waals surface area contributed by atoms with E-state index in [0.717, 1.165) is 4.31 Å². The number of nitrogens with one attached hydrogen (secondary N) is 1. The molecule has 1 fully saturated rings. The smallest absolute Gasteiger partial charge is 0.422 e. The summed E-state index contributed by atoms with van der Waals surface area (Å²) in [6.45, 7) is 5.60. The molecule has 1 rings (SSSR count). The molecular weight excluding hydrogens is 246 g/mol. The Morgan fingerprint density at radius 2 is 2.06 bits per heavy atom. The van der Waals surface area contributed by atoms with E-state index in [0.29, 0.717) is 6.42 Å². The SMILES string of the molecule is CCC1(N)CN(S(=O)(=O)NC(=O)OC(C)C)C1. The average molecular weight is 265 g/mol. The summed E-state index contributed by atoms with van der Waals surface area (Å²) < 4.78 is 31.0. The molecule has 0 bridgehead atoms. The molecule has 8 heteroatoms. The molecule has 0 radical (unpaired) electrons. The number of hydrogen-bond acceptors (Lipinski definition) is 5. The molecule has 1 heterocycles. The maximum Gasteiger partial charge on any atom is 0.422 e. The average Bonchev–Trinajstić information content (AvgIpc) is 2.10. The first-order valence-corrected chi connectivity index (χ1v) is 6.90. The van der Waals surface area contributed by atoms with Gasteiger partial charge in [-0.15, -0.1) is 0 Å². The van der Waals surface area contributed by atoms with E-state index in [4.69, 9.17) is 10.5 Å². The van der Waals surface area contributed by atoms with Crippen LogP contribution in [0.1, 0.15) is 27.2 Å². The van der Waals surface area contributed by atoms with Crippen LogP contribution in [-0.4, -0.2) is 43.5 Å². The fourth-order valence-electron chi connectivity index (χ4n) is 1.46. The minimum Gasteiger partial charge on any atom is -0.446 e. The van der Waals surface area contributed by atoms with E-state index < -0.39 is 21.8 Å². The van der Waals surface area contributed by atoms with Gasteiger partial charge in [0.05, 0.1) is 6.10 Å². The third-order valence-electron chi connectivity index (χ3n) is 2.58. The van der Waals surface area contributed by atoms with Crippen LogP contribution in [0.3, 0.4) is 0 Å². The van der Waals surface area contributed by atoms with E-state index in [1.807, 2.05) is 11.6 Å². The Balaban J connectivity index is 2.52. The minimum absolute atomic E-state index is 0.216. The van der Waals surface area contributed by atoms with Crippen LogP contribution in [0.5, 0.6) is 0 Å². The summed E-state index contributed by atoms with van der Waals surface area (Å²) in [5.41, 5.74) is 5.38. The van der Waals surface area contributed by atoms with Gasteiger partial charge in [-0.1, -0.05) is 6.92 Å². The van der Waals surface area contributed by atoms with Crippen LogP contribution in [0.2, 0.25) is 0 Å². The lowest BCUT2D eigenvalue weighted by Gasteiger charge is -2.45. The predicted molar refractivity (Wildman–Crippen MR) is 62.5 cm³/mol. The molecule has 0 aliphatic carbocycles. The largest absolute Gasteiger partial charge is 0.446 e. The van der Waals surface area contributed by atoms with Crippen molar-refractivity contribution in [1.29, 1.82) is 0 Å². The number of ether oxygens (including phenoxy) is 1. The van der Waals surface area contributed by atoms with Gasteiger partial charge in [0, 0.05) is 18.6 Å². The summed E-state index contributed by atoms with van der Waals surface area (Å²) in [6, 6.07) is 0. The molecular formula is C9H19N3O4S. The van der Waals surface area contributed by atoms with Gasteiger partial charge in [-0.05, 0) is 20.3 Å². The van der Waals surface area contributed by atoms with E-state index in [1.54, 1.807) is 13.8 Å². The van der Waals surface area contributed by atoms with Crippen molar-refractivity contribution in [1.82, 2.24) is 9.03 Å². The van der Waals surface area contributed by atoms with Crippen molar-refractivity contribution in [2.24, 2.45) is 5.73 Å². The Bertz CT molecular complexity index is 387. The minimum atomic E-state index is -3.82. The number of amides is 1. The molecule has 0 atom stereocenters. The van der Waals surface area contributed by atoms with Crippen molar-refractivity contribution in [2.45, 2.75) is 38.8 Å². The first-order valence-electron chi connectivity index (χ1n) is 5.46. The van der Waals surface area contributed by atoms with Crippen LogP contribution >= 0.6 is 0 Å². The summed E-state index contributed by atoms with van der Waals surface area (Å²) in [5.74, 6) is 0. The molecule has 0 spiro atoms. The summed E-state index contributed by atoms with van der Waals surface area (Å²) in [7, 11) is -3.82. The molecule has 0 unspecified atom stereocenters. The van der Waals surface area contributed by atoms with Gasteiger partial charge in [-0.3, -0.25) is 0 Å². The summed E-state index contributed by atoms with van der Waals surface area (Å²) in [4.78, 5) is 11.2. The van der Waals surface area contributed by atoms with Gasteiger partial charge in [0.2, 0.25) is 0 Å². The zero-order valence-electron chi connectivity index (χ0n) is 10.3. The number of nitrogens with two attached hydrogens (primary N) is 1. The van der Waals surface area contributed by atoms with Crippen molar-refractivity contribution in [3.8, 4) is 0 Å². The van der Waals surface area contributed by atoms with E-state index in [2.05, 4.69) is 0 Å². The van der Waals surface area contributed by atoms with Gasteiger partial charge in [0.15, 0.2) is 0 Å². The molecule has 1 saturated heterocycles. The molecule has 1 aliphatic heterocycles. The number of hydrogen-bond donors (Lipinski definition) is 2. The molecule has 0 aromatic heterocycles. The number of carbonyl (C=O) groups excluding carboxylic acids is 1. The Morgan fingerprint density at radius 3 is 2.47 bits per heavy atom. The fourth-order valence-corrected chi connectivity index (χ4v) is 2.70. The van der Waals surface area contributed by atoms with Gasteiger partial charge < -0.3 is 10.5 Å². The maximum absolute atomic E-state index is 11.7. The summed E-state index contributed by atoms with van der Waals surface area (Å²) >= 11 is 0. The first kappa shape index (κ1) is 14.2. The molecule has 100 valence electrons. The quantitative estimate of drug-likeness (QED) is 0.732. The van der Waals surface area contributed by atoms with Gasteiger partial charge in [-0.2, -0.15) is 12.7 Å². The molecule has 0 saturated carbocycles. The third kappa shape index (κ3) is 3.55. The zero-order chi connectivity index (χ0) is 13.3. The Morgan fingerprint density at radius 1 is 1.53 bits per heavy atom. The Kier molecular flexibility index (Phi) is 4.00. The van der Waals surface area contributed by atoms with E-state index in [-0.39, 0.29) is 19.2 Å². The van der Waals surface area contributed by atoms with Crippen LogP contribution in [-0.2, 0) is 14.9 Å². The predicted octanol–water partition coefficient (Wildman–Crippen LogP) is -0.211. The molecule has 7 nitrogen and oxygen atoms in total. The third-order valence-corrected chi connectivity index (χ3v) is 3.94. The molecule has 3 N–H and O–H groups in total. The molecule has 17 heavy (non-hydrogen) atoms. The fraction of sp³-hybridized carbons (Fsp3) is 0.889.